The van der Waals surface area contributed by atoms with Gasteiger partial charge in [-0.05, 0) is 12.1 Å². The van der Waals surface area contributed by atoms with E-state index in [0.717, 1.165) is 0 Å². The molecule has 2 heteroatoms. The first kappa shape index (κ1) is 6.63. The largest absolute Gasteiger partial charge is 0.458 e. The van der Waals surface area contributed by atoms with Crippen molar-refractivity contribution in [2.45, 2.75) is 12.5 Å². The molecule has 1 nitrogen and oxygen atoms in total. The number of thiol groups is 1. The van der Waals surface area contributed by atoms with Gasteiger partial charge in [0.1, 0.15) is 0 Å². The highest BCUT2D eigenvalue weighted by Gasteiger charge is 1.77. The first-order valence-electron chi connectivity index (χ1n) is 1.62. The molecule has 0 N–H and O–H groups in total. The van der Waals surface area contributed by atoms with Crippen LogP contribution in [0.25, 0.3) is 0 Å². The van der Waals surface area contributed by atoms with Crippen molar-refractivity contribution in [2.24, 2.45) is 0 Å². The van der Waals surface area contributed by atoms with Gasteiger partial charge in [0.25, 0.3) is 0 Å². The molecule has 0 unspecified atom stereocenters. The molecule has 1 aromatic heterocycles. The van der Waals surface area contributed by atoms with Crippen molar-refractivity contribution in [1.29, 1.82) is 0 Å². The fourth-order valence-corrected chi connectivity index (χ4v) is 0.417. The van der Waals surface area contributed by atoms with Crippen LogP contribution in [0.4, 0.5) is 0 Å². The Morgan fingerprint density at radius 2 is 2.29 bits per heavy atom. The molecular weight excluding hydrogens is 108 g/mol. The van der Waals surface area contributed by atoms with E-state index in [1.54, 1.807) is 18.4 Å². The van der Waals surface area contributed by atoms with Gasteiger partial charge in [-0.1, -0.05) is 7.43 Å². The van der Waals surface area contributed by atoms with Crippen molar-refractivity contribution in [1.82, 2.24) is 0 Å². The van der Waals surface area contributed by atoms with Gasteiger partial charge in [-0.25, -0.2) is 0 Å². The van der Waals surface area contributed by atoms with Crippen molar-refractivity contribution >= 4 is 12.6 Å². The molecule has 1 rings (SSSR count). The van der Waals surface area contributed by atoms with Crippen LogP contribution in [0.2, 0.25) is 0 Å². The van der Waals surface area contributed by atoms with Gasteiger partial charge in [-0.3, -0.25) is 0 Å². The molecule has 0 spiro atoms. The summed E-state index contributed by atoms with van der Waals surface area (Å²) in [7, 11) is 0. The number of hydrogen-bond acceptors (Lipinski definition) is 2. The summed E-state index contributed by atoms with van der Waals surface area (Å²) >= 11 is 3.87. The predicted molar refractivity (Wildman–Crippen MR) is 32.7 cm³/mol. The zero-order valence-corrected chi connectivity index (χ0v) is 3.98. The van der Waals surface area contributed by atoms with E-state index >= 15 is 0 Å². The van der Waals surface area contributed by atoms with E-state index in [4.69, 9.17) is 4.42 Å². The van der Waals surface area contributed by atoms with Crippen LogP contribution in [0.1, 0.15) is 7.43 Å². The lowest BCUT2D eigenvalue weighted by Crippen LogP contribution is -1.37. The second kappa shape index (κ2) is 2.75. The van der Waals surface area contributed by atoms with E-state index in [1.807, 2.05) is 0 Å². The maximum atomic E-state index is 4.70. The molecule has 0 atom stereocenters. The quantitative estimate of drug-likeness (QED) is 0.513. The van der Waals surface area contributed by atoms with E-state index in [-0.39, 0.29) is 7.43 Å². The lowest BCUT2D eigenvalue weighted by molar-refractivity contribution is 0.476. The van der Waals surface area contributed by atoms with Crippen LogP contribution in [0.15, 0.2) is 27.9 Å². The van der Waals surface area contributed by atoms with Gasteiger partial charge in [0.15, 0.2) is 5.09 Å². The lowest BCUT2D eigenvalue weighted by Gasteiger charge is -1.67. The average molecular weight is 116 g/mol. The van der Waals surface area contributed by atoms with Crippen LogP contribution in [0.5, 0.6) is 0 Å². The summed E-state index contributed by atoms with van der Waals surface area (Å²) in [6.07, 6.45) is 1.59. The molecule has 0 saturated carbocycles. The molecule has 0 saturated heterocycles. The Hall–Kier alpha value is -0.370. The van der Waals surface area contributed by atoms with Crippen LogP contribution in [0, 0.1) is 0 Å². The molecule has 0 fully saturated rings. The second-order valence-electron chi connectivity index (χ2n) is 0.951. The van der Waals surface area contributed by atoms with Crippen LogP contribution in [0.3, 0.4) is 0 Å². The summed E-state index contributed by atoms with van der Waals surface area (Å²) in [5, 5.41) is 0.662. The third-order valence-corrected chi connectivity index (χ3v) is 0.761. The summed E-state index contributed by atoms with van der Waals surface area (Å²) in [5.74, 6) is 0. The first-order valence-corrected chi connectivity index (χ1v) is 2.07. The first-order chi connectivity index (χ1) is 2.89. The zero-order chi connectivity index (χ0) is 4.41. The van der Waals surface area contributed by atoms with Crippen LogP contribution in [-0.2, 0) is 0 Å². The monoisotopic (exact) mass is 116 g/mol. The van der Waals surface area contributed by atoms with Crippen molar-refractivity contribution in [3.05, 3.63) is 18.4 Å². The fourth-order valence-electron chi connectivity index (χ4n) is 0.270. The Morgan fingerprint density at radius 3 is 2.43 bits per heavy atom. The number of hydrogen-bond donors (Lipinski definition) is 1. The third-order valence-electron chi connectivity index (χ3n) is 0.506. The van der Waals surface area contributed by atoms with Crippen LogP contribution >= 0.6 is 12.6 Å². The normalized spacial score (nSPS) is 7.57. The summed E-state index contributed by atoms with van der Waals surface area (Å²) < 4.78 is 4.70. The van der Waals surface area contributed by atoms with Gasteiger partial charge in [-0.2, -0.15) is 0 Å². The highest BCUT2D eigenvalue weighted by Crippen LogP contribution is 2.02. The highest BCUT2D eigenvalue weighted by molar-refractivity contribution is 7.80. The van der Waals surface area contributed by atoms with Crippen molar-refractivity contribution in [3.63, 3.8) is 0 Å². The second-order valence-corrected chi connectivity index (χ2v) is 1.39. The van der Waals surface area contributed by atoms with Gasteiger partial charge in [0.2, 0.25) is 0 Å². The molecule has 0 amide bonds. The minimum atomic E-state index is 0. The van der Waals surface area contributed by atoms with Crippen LogP contribution in [-0.4, -0.2) is 0 Å². The molecule has 0 aliphatic heterocycles. The molecule has 40 valence electrons. The van der Waals surface area contributed by atoms with E-state index in [2.05, 4.69) is 12.6 Å². The Kier molecular flexibility index (Phi) is 2.60. The van der Waals surface area contributed by atoms with E-state index < -0.39 is 0 Å². The molecule has 1 heterocycles. The fraction of sp³-hybridized carbons (Fsp3) is 0.200. The number of rotatable bonds is 0. The maximum absolute atomic E-state index is 4.70. The smallest absolute Gasteiger partial charge is 0.156 e. The van der Waals surface area contributed by atoms with E-state index in [1.165, 1.54) is 0 Å². The predicted octanol–water partition coefficient (Wildman–Crippen LogP) is 2.20. The molecule has 1 aromatic rings. The summed E-state index contributed by atoms with van der Waals surface area (Å²) in [4.78, 5) is 0. The number of furan rings is 1. The van der Waals surface area contributed by atoms with Gasteiger partial charge in [-0.15, -0.1) is 12.6 Å². The summed E-state index contributed by atoms with van der Waals surface area (Å²) in [6.45, 7) is 0. The summed E-state index contributed by atoms with van der Waals surface area (Å²) in [6, 6.07) is 3.57. The SMILES string of the molecule is C.Sc1ccco1. The Labute approximate surface area is 48.8 Å². The van der Waals surface area contributed by atoms with Gasteiger partial charge < -0.3 is 4.42 Å². The minimum Gasteiger partial charge on any atom is -0.458 e. The van der Waals surface area contributed by atoms with Gasteiger partial charge in [0, 0.05) is 0 Å². The molecule has 0 aromatic carbocycles. The van der Waals surface area contributed by atoms with E-state index in [0.29, 0.717) is 5.09 Å². The molecule has 0 aliphatic rings. The highest BCUT2D eigenvalue weighted by atomic mass is 32.1. The third kappa shape index (κ3) is 1.69. The van der Waals surface area contributed by atoms with Crippen molar-refractivity contribution in [3.8, 4) is 0 Å². The maximum Gasteiger partial charge on any atom is 0.156 e. The lowest BCUT2D eigenvalue weighted by atomic mass is 10.7. The molecule has 0 radical (unpaired) electrons. The van der Waals surface area contributed by atoms with Crippen molar-refractivity contribution in [2.75, 3.05) is 0 Å². The standard InChI is InChI=1S/C4H4OS.CH4/c6-4-2-1-3-5-4;/h1-3,6H;1H4. The summed E-state index contributed by atoms with van der Waals surface area (Å²) in [5.41, 5.74) is 0. The Bertz CT molecular complexity index is 112. The molecule has 0 bridgehead atoms. The van der Waals surface area contributed by atoms with Crippen LogP contribution < -0.4 is 0 Å². The molecule has 0 aliphatic carbocycles. The molecule has 7 heavy (non-hydrogen) atoms. The van der Waals surface area contributed by atoms with Crippen molar-refractivity contribution < 1.29 is 4.42 Å². The van der Waals surface area contributed by atoms with E-state index in [9.17, 15) is 0 Å². The zero-order valence-electron chi connectivity index (χ0n) is 3.09. The topological polar surface area (TPSA) is 13.1 Å². The van der Waals surface area contributed by atoms with Gasteiger partial charge >= 0.3 is 0 Å². The minimum absolute atomic E-state index is 0. The Morgan fingerprint density at radius 1 is 1.57 bits per heavy atom. The Balaban J connectivity index is 0.000000360. The van der Waals surface area contributed by atoms with Gasteiger partial charge in [0.05, 0.1) is 6.26 Å². The molecular formula is C5H8OS. The average Bonchev–Trinajstić information content (AvgIpc) is 1.86.